The standard InChI is InChI=1S/C14H20BrNO2/c1-17-13-6-4-5-12(15)14(13)18-10-3-2-9-16-11-7-8-11/h4-6,11,16H,2-3,7-10H2,1H3. The van der Waals surface area contributed by atoms with Gasteiger partial charge in [0.05, 0.1) is 18.2 Å². The molecule has 1 aromatic rings. The maximum atomic E-state index is 5.78. The summed E-state index contributed by atoms with van der Waals surface area (Å²) in [4.78, 5) is 0. The molecular formula is C14H20BrNO2. The number of rotatable bonds is 8. The van der Waals surface area contributed by atoms with Crippen molar-refractivity contribution in [1.82, 2.24) is 5.32 Å². The van der Waals surface area contributed by atoms with Crippen LogP contribution in [0.4, 0.5) is 0 Å². The Balaban J connectivity index is 1.68. The van der Waals surface area contributed by atoms with Gasteiger partial charge in [0.15, 0.2) is 11.5 Å². The molecule has 0 bridgehead atoms. The molecule has 2 rings (SSSR count). The predicted molar refractivity (Wildman–Crippen MR) is 76.4 cm³/mol. The highest BCUT2D eigenvalue weighted by molar-refractivity contribution is 9.10. The Morgan fingerprint density at radius 2 is 2.17 bits per heavy atom. The minimum atomic E-state index is 0.728. The molecule has 1 aromatic carbocycles. The Labute approximate surface area is 117 Å². The number of methoxy groups -OCH3 is 1. The van der Waals surface area contributed by atoms with Crippen LogP contribution in [0, 0.1) is 0 Å². The van der Waals surface area contributed by atoms with Crippen molar-refractivity contribution < 1.29 is 9.47 Å². The van der Waals surface area contributed by atoms with Gasteiger partial charge in [-0.1, -0.05) is 6.07 Å². The molecule has 0 aromatic heterocycles. The van der Waals surface area contributed by atoms with Crippen molar-refractivity contribution in [3.8, 4) is 11.5 Å². The lowest BCUT2D eigenvalue weighted by atomic mass is 10.3. The summed E-state index contributed by atoms with van der Waals surface area (Å²) in [5, 5.41) is 3.50. The SMILES string of the molecule is COc1cccc(Br)c1OCCCCNC1CC1. The van der Waals surface area contributed by atoms with Crippen molar-refractivity contribution in [3.05, 3.63) is 22.7 Å². The monoisotopic (exact) mass is 313 g/mol. The van der Waals surface area contributed by atoms with Crippen LogP contribution in [0.15, 0.2) is 22.7 Å². The van der Waals surface area contributed by atoms with E-state index in [1.54, 1.807) is 7.11 Å². The molecule has 0 radical (unpaired) electrons. The molecule has 100 valence electrons. The molecule has 1 fully saturated rings. The van der Waals surface area contributed by atoms with Gasteiger partial charge in [-0.2, -0.15) is 0 Å². The van der Waals surface area contributed by atoms with Gasteiger partial charge < -0.3 is 14.8 Å². The summed E-state index contributed by atoms with van der Waals surface area (Å²) >= 11 is 3.48. The molecule has 0 aliphatic heterocycles. The molecule has 1 aliphatic carbocycles. The Morgan fingerprint density at radius 1 is 1.33 bits per heavy atom. The van der Waals surface area contributed by atoms with E-state index in [0.29, 0.717) is 0 Å². The molecule has 4 heteroatoms. The first-order valence-corrected chi connectivity index (χ1v) is 7.29. The van der Waals surface area contributed by atoms with E-state index in [1.807, 2.05) is 18.2 Å². The molecule has 0 saturated heterocycles. The van der Waals surface area contributed by atoms with Gasteiger partial charge in [-0.05, 0) is 60.3 Å². The van der Waals surface area contributed by atoms with E-state index in [-0.39, 0.29) is 0 Å². The maximum Gasteiger partial charge on any atom is 0.175 e. The van der Waals surface area contributed by atoms with Crippen LogP contribution in [0.25, 0.3) is 0 Å². The summed E-state index contributed by atoms with van der Waals surface area (Å²) in [5.74, 6) is 1.58. The molecule has 0 unspecified atom stereocenters. The Bertz CT molecular complexity index is 380. The lowest BCUT2D eigenvalue weighted by molar-refractivity contribution is 0.284. The van der Waals surface area contributed by atoms with Crippen molar-refractivity contribution >= 4 is 15.9 Å². The third kappa shape index (κ3) is 4.18. The highest BCUT2D eigenvalue weighted by Crippen LogP contribution is 2.34. The average molecular weight is 314 g/mol. The molecular weight excluding hydrogens is 294 g/mol. The van der Waals surface area contributed by atoms with Gasteiger partial charge in [0.2, 0.25) is 0 Å². The number of ether oxygens (including phenoxy) is 2. The molecule has 0 amide bonds. The van der Waals surface area contributed by atoms with Crippen LogP contribution >= 0.6 is 15.9 Å². The lowest BCUT2D eigenvalue weighted by Gasteiger charge is -2.12. The summed E-state index contributed by atoms with van der Waals surface area (Å²) < 4.78 is 12.0. The predicted octanol–water partition coefficient (Wildman–Crippen LogP) is 3.37. The second-order valence-corrected chi connectivity index (χ2v) is 5.41. The molecule has 18 heavy (non-hydrogen) atoms. The highest BCUT2D eigenvalue weighted by atomic mass is 79.9. The summed E-state index contributed by atoms with van der Waals surface area (Å²) in [6, 6.07) is 6.62. The van der Waals surface area contributed by atoms with E-state index in [1.165, 1.54) is 12.8 Å². The third-order valence-corrected chi connectivity index (χ3v) is 3.60. The van der Waals surface area contributed by atoms with Gasteiger partial charge in [0, 0.05) is 6.04 Å². The van der Waals surface area contributed by atoms with E-state index in [4.69, 9.17) is 9.47 Å². The van der Waals surface area contributed by atoms with Gasteiger partial charge in [0.1, 0.15) is 0 Å². The normalized spacial score (nSPS) is 14.6. The van der Waals surface area contributed by atoms with E-state index in [9.17, 15) is 0 Å². The fourth-order valence-corrected chi connectivity index (χ4v) is 2.25. The summed E-state index contributed by atoms with van der Waals surface area (Å²) in [7, 11) is 1.66. The van der Waals surface area contributed by atoms with Crippen LogP contribution in [0.5, 0.6) is 11.5 Å². The van der Waals surface area contributed by atoms with Crippen molar-refractivity contribution in [2.75, 3.05) is 20.3 Å². The number of benzene rings is 1. The van der Waals surface area contributed by atoms with Crippen LogP contribution in [-0.4, -0.2) is 26.3 Å². The molecule has 1 aliphatic rings. The quantitative estimate of drug-likeness (QED) is 0.746. The first-order chi connectivity index (χ1) is 8.81. The smallest absolute Gasteiger partial charge is 0.175 e. The lowest BCUT2D eigenvalue weighted by Crippen LogP contribution is -2.17. The highest BCUT2D eigenvalue weighted by Gasteiger charge is 2.19. The number of halogens is 1. The van der Waals surface area contributed by atoms with Crippen LogP contribution in [0.1, 0.15) is 25.7 Å². The maximum absolute atomic E-state index is 5.78. The number of nitrogens with one attached hydrogen (secondary N) is 1. The zero-order valence-corrected chi connectivity index (χ0v) is 12.3. The van der Waals surface area contributed by atoms with Crippen molar-refractivity contribution in [3.63, 3.8) is 0 Å². The zero-order valence-electron chi connectivity index (χ0n) is 10.7. The molecule has 0 atom stereocenters. The second kappa shape index (κ2) is 7.00. The topological polar surface area (TPSA) is 30.5 Å². The van der Waals surface area contributed by atoms with Gasteiger partial charge >= 0.3 is 0 Å². The second-order valence-electron chi connectivity index (χ2n) is 4.56. The van der Waals surface area contributed by atoms with E-state index in [0.717, 1.165) is 48.0 Å². The van der Waals surface area contributed by atoms with Crippen molar-refractivity contribution in [2.45, 2.75) is 31.7 Å². The average Bonchev–Trinajstić information content (AvgIpc) is 3.19. The van der Waals surface area contributed by atoms with E-state index < -0.39 is 0 Å². The minimum Gasteiger partial charge on any atom is -0.493 e. The molecule has 0 heterocycles. The van der Waals surface area contributed by atoms with Crippen molar-refractivity contribution in [1.29, 1.82) is 0 Å². The third-order valence-electron chi connectivity index (χ3n) is 2.98. The number of hydrogen-bond donors (Lipinski definition) is 1. The fourth-order valence-electron chi connectivity index (χ4n) is 1.78. The van der Waals surface area contributed by atoms with E-state index >= 15 is 0 Å². The first kappa shape index (κ1) is 13.7. The van der Waals surface area contributed by atoms with Crippen LogP contribution in [0.3, 0.4) is 0 Å². The van der Waals surface area contributed by atoms with E-state index in [2.05, 4.69) is 21.2 Å². The number of para-hydroxylation sites is 1. The summed E-state index contributed by atoms with van der Waals surface area (Å²) in [6.07, 6.45) is 4.92. The largest absolute Gasteiger partial charge is 0.493 e. The summed E-state index contributed by atoms with van der Waals surface area (Å²) in [6.45, 7) is 1.83. The molecule has 0 spiro atoms. The van der Waals surface area contributed by atoms with Crippen LogP contribution < -0.4 is 14.8 Å². The van der Waals surface area contributed by atoms with Crippen molar-refractivity contribution in [2.24, 2.45) is 0 Å². The Morgan fingerprint density at radius 3 is 2.89 bits per heavy atom. The summed E-state index contributed by atoms with van der Waals surface area (Å²) in [5.41, 5.74) is 0. The number of hydrogen-bond acceptors (Lipinski definition) is 3. The molecule has 1 saturated carbocycles. The van der Waals surface area contributed by atoms with Gasteiger partial charge in [0.25, 0.3) is 0 Å². The molecule has 1 N–H and O–H groups in total. The first-order valence-electron chi connectivity index (χ1n) is 6.50. The number of unbranched alkanes of at least 4 members (excludes halogenated alkanes) is 1. The minimum absolute atomic E-state index is 0.728. The fraction of sp³-hybridized carbons (Fsp3) is 0.571. The van der Waals surface area contributed by atoms with Crippen LogP contribution in [-0.2, 0) is 0 Å². The molecule has 3 nitrogen and oxygen atoms in total. The Hall–Kier alpha value is -0.740. The zero-order chi connectivity index (χ0) is 12.8. The van der Waals surface area contributed by atoms with Gasteiger partial charge in [-0.15, -0.1) is 0 Å². The van der Waals surface area contributed by atoms with Gasteiger partial charge in [-0.3, -0.25) is 0 Å². The Kier molecular flexibility index (Phi) is 5.32. The van der Waals surface area contributed by atoms with Gasteiger partial charge in [-0.25, -0.2) is 0 Å². The van der Waals surface area contributed by atoms with Crippen LogP contribution in [0.2, 0.25) is 0 Å².